The van der Waals surface area contributed by atoms with Crippen molar-refractivity contribution in [3.63, 3.8) is 0 Å². The van der Waals surface area contributed by atoms with Crippen LogP contribution in [0.4, 0.5) is 0 Å². The molecule has 362 valence electrons. The molecule has 61 heavy (non-hydrogen) atoms. The number of unbranched alkanes of at least 4 members (excludes halogenated alkanes) is 38. The van der Waals surface area contributed by atoms with Gasteiger partial charge in [0.1, 0.15) is 0 Å². The van der Waals surface area contributed by atoms with Gasteiger partial charge in [0.05, 0.1) is 25.4 Å². The number of nitrogens with one attached hydrogen (secondary N) is 1. The van der Waals surface area contributed by atoms with E-state index in [-0.39, 0.29) is 18.5 Å². The summed E-state index contributed by atoms with van der Waals surface area (Å²) in [6.45, 7) is 4.90. The number of hydrogen-bond acceptors (Lipinski definition) is 5. The van der Waals surface area contributed by atoms with E-state index in [2.05, 4.69) is 31.3 Å². The number of ether oxygens (including phenoxy) is 1. The van der Waals surface area contributed by atoms with E-state index < -0.39 is 12.1 Å². The van der Waals surface area contributed by atoms with E-state index >= 15 is 0 Å². The minimum Gasteiger partial charge on any atom is -0.466 e. The van der Waals surface area contributed by atoms with E-state index in [1.54, 1.807) is 0 Å². The van der Waals surface area contributed by atoms with Crippen molar-refractivity contribution in [1.82, 2.24) is 5.32 Å². The molecule has 0 saturated carbocycles. The fourth-order valence-corrected chi connectivity index (χ4v) is 8.56. The van der Waals surface area contributed by atoms with Gasteiger partial charge in [-0.05, 0) is 44.9 Å². The lowest BCUT2D eigenvalue weighted by Gasteiger charge is -2.22. The summed E-state index contributed by atoms with van der Waals surface area (Å²) in [5.41, 5.74) is 0. The van der Waals surface area contributed by atoms with Gasteiger partial charge in [0.2, 0.25) is 5.91 Å². The Morgan fingerprint density at radius 2 is 0.787 bits per heavy atom. The SMILES string of the molecule is CCCC/C=C\CCCCCCCC(=O)OCCCCCCCCCCCCCCCCCCCCCCCCCCC(=O)NC(CO)C(O)CCCCCCCCCCC. The molecule has 1 amide bonds. The molecular weight excluding hydrogens is 755 g/mol. The Labute approximate surface area is 380 Å². The molecule has 0 heterocycles. The topological polar surface area (TPSA) is 95.9 Å². The van der Waals surface area contributed by atoms with Crippen molar-refractivity contribution in [2.45, 2.75) is 315 Å². The van der Waals surface area contributed by atoms with E-state index in [4.69, 9.17) is 4.74 Å². The minimum absolute atomic E-state index is 0.00430. The molecule has 0 rings (SSSR count). The summed E-state index contributed by atoms with van der Waals surface area (Å²) >= 11 is 0. The molecule has 0 spiro atoms. The Kier molecular flexibility index (Phi) is 50.1. The van der Waals surface area contributed by atoms with Gasteiger partial charge in [-0.25, -0.2) is 0 Å². The van der Waals surface area contributed by atoms with Crippen molar-refractivity contribution in [1.29, 1.82) is 0 Å². The molecule has 0 aliphatic heterocycles. The van der Waals surface area contributed by atoms with Gasteiger partial charge < -0.3 is 20.3 Å². The van der Waals surface area contributed by atoms with Gasteiger partial charge in [0.25, 0.3) is 0 Å². The normalized spacial score (nSPS) is 12.7. The molecule has 0 radical (unpaired) electrons. The Balaban J connectivity index is 3.33. The molecule has 2 atom stereocenters. The summed E-state index contributed by atoms with van der Waals surface area (Å²) in [7, 11) is 0. The highest BCUT2D eigenvalue weighted by molar-refractivity contribution is 5.76. The highest BCUT2D eigenvalue weighted by Crippen LogP contribution is 2.17. The van der Waals surface area contributed by atoms with Crippen LogP contribution in [0.25, 0.3) is 0 Å². The molecule has 0 aliphatic carbocycles. The number of carbonyl (C=O) groups excluding carboxylic acids is 2. The van der Waals surface area contributed by atoms with Gasteiger partial charge in [0, 0.05) is 12.8 Å². The van der Waals surface area contributed by atoms with Crippen LogP contribution in [-0.2, 0) is 14.3 Å². The van der Waals surface area contributed by atoms with Crippen LogP contribution in [0.3, 0.4) is 0 Å². The van der Waals surface area contributed by atoms with Gasteiger partial charge in [-0.1, -0.05) is 257 Å². The first-order valence-electron chi connectivity index (χ1n) is 27.4. The van der Waals surface area contributed by atoms with E-state index in [0.717, 1.165) is 44.9 Å². The van der Waals surface area contributed by atoms with E-state index in [1.165, 1.54) is 225 Å². The first kappa shape index (κ1) is 59.6. The Morgan fingerprint density at radius 3 is 1.21 bits per heavy atom. The van der Waals surface area contributed by atoms with Crippen molar-refractivity contribution in [2.75, 3.05) is 13.2 Å². The lowest BCUT2D eigenvalue weighted by molar-refractivity contribution is -0.143. The summed E-state index contributed by atoms with van der Waals surface area (Å²) < 4.78 is 5.45. The van der Waals surface area contributed by atoms with E-state index in [1.807, 2.05) is 0 Å². The Hall–Kier alpha value is -1.40. The first-order chi connectivity index (χ1) is 30.0. The van der Waals surface area contributed by atoms with Crippen LogP contribution >= 0.6 is 0 Å². The first-order valence-corrected chi connectivity index (χ1v) is 27.4. The predicted octanol–water partition coefficient (Wildman–Crippen LogP) is 16.5. The smallest absolute Gasteiger partial charge is 0.305 e. The second kappa shape index (κ2) is 51.2. The molecule has 0 saturated heterocycles. The Morgan fingerprint density at radius 1 is 0.443 bits per heavy atom. The average Bonchev–Trinajstić information content (AvgIpc) is 3.26. The summed E-state index contributed by atoms with van der Waals surface area (Å²) in [4.78, 5) is 24.4. The molecule has 2 unspecified atom stereocenters. The van der Waals surface area contributed by atoms with Crippen molar-refractivity contribution >= 4 is 11.9 Å². The Bertz CT molecular complexity index is 909. The maximum absolute atomic E-state index is 12.4. The van der Waals surface area contributed by atoms with Crippen LogP contribution in [0.5, 0.6) is 0 Å². The number of esters is 1. The highest BCUT2D eigenvalue weighted by atomic mass is 16.5. The van der Waals surface area contributed by atoms with Gasteiger partial charge in [-0.2, -0.15) is 0 Å². The van der Waals surface area contributed by atoms with Crippen LogP contribution < -0.4 is 5.32 Å². The maximum Gasteiger partial charge on any atom is 0.305 e. The zero-order chi connectivity index (χ0) is 44.4. The molecule has 0 aromatic heterocycles. The molecule has 6 nitrogen and oxygen atoms in total. The van der Waals surface area contributed by atoms with Crippen LogP contribution in [0, 0.1) is 0 Å². The number of hydrogen-bond donors (Lipinski definition) is 3. The zero-order valence-electron chi connectivity index (χ0n) is 41.2. The van der Waals surface area contributed by atoms with Crippen molar-refractivity contribution in [3.8, 4) is 0 Å². The summed E-state index contributed by atoms with van der Waals surface area (Å²) in [6.07, 6.45) is 59.3. The lowest BCUT2D eigenvalue weighted by atomic mass is 10.0. The molecule has 0 fully saturated rings. The standard InChI is InChI=1S/C55H107NO5/c1-3-5-7-9-11-13-28-33-37-41-45-49-55(60)61-50-46-42-38-34-30-27-25-23-21-19-17-15-14-16-18-20-22-24-26-29-32-36-40-44-48-54(59)56-52(51-57)53(58)47-43-39-35-31-12-10-8-6-4-2/h9,11,52-53,57-58H,3-8,10,12-51H2,1-2H3,(H,56,59)/b11-9-. The number of allylic oxidation sites excluding steroid dienone is 2. The third kappa shape index (κ3) is 47.9. The number of carbonyl (C=O) groups is 2. The maximum atomic E-state index is 12.4. The second-order valence-corrected chi connectivity index (χ2v) is 18.9. The summed E-state index contributed by atoms with van der Waals surface area (Å²) in [6, 6.07) is -0.537. The van der Waals surface area contributed by atoms with Crippen molar-refractivity contribution < 1.29 is 24.5 Å². The van der Waals surface area contributed by atoms with Crippen molar-refractivity contribution in [2.24, 2.45) is 0 Å². The lowest BCUT2D eigenvalue weighted by Crippen LogP contribution is -2.45. The number of rotatable bonds is 51. The zero-order valence-corrected chi connectivity index (χ0v) is 41.2. The molecule has 0 bridgehead atoms. The minimum atomic E-state index is -0.660. The van der Waals surface area contributed by atoms with Crippen LogP contribution in [0.15, 0.2) is 12.2 Å². The third-order valence-corrected chi connectivity index (χ3v) is 12.8. The number of aliphatic hydroxyl groups is 2. The highest BCUT2D eigenvalue weighted by Gasteiger charge is 2.20. The fourth-order valence-electron chi connectivity index (χ4n) is 8.56. The van der Waals surface area contributed by atoms with Crippen LogP contribution in [0.2, 0.25) is 0 Å². The van der Waals surface area contributed by atoms with Gasteiger partial charge in [-0.3, -0.25) is 9.59 Å². The molecule has 3 N–H and O–H groups in total. The van der Waals surface area contributed by atoms with E-state index in [9.17, 15) is 19.8 Å². The third-order valence-electron chi connectivity index (χ3n) is 12.8. The van der Waals surface area contributed by atoms with E-state index in [0.29, 0.717) is 25.9 Å². The largest absolute Gasteiger partial charge is 0.466 e. The van der Waals surface area contributed by atoms with Crippen LogP contribution in [0.1, 0.15) is 303 Å². The quantitative estimate of drug-likeness (QED) is 0.0322. The van der Waals surface area contributed by atoms with Crippen molar-refractivity contribution in [3.05, 3.63) is 12.2 Å². The predicted molar refractivity (Wildman–Crippen MR) is 264 cm³/mol. The molecule has 0 aliphatic rings. The second-order valence-electron chi connectivity index (χ2n) is 18.9. The molecule has 6 heteroatoms. The molecule has 0 aromatic carbocycles. The average molecular weight is 862 g/mol. The monoisotopic (exact) mass is 862 g/mol. The number of amides is 1. The van der Waals surface area contributed by atoms with Gasteiger partial charge in [0.15, 0.2) is 0 Å². The van der Waals surface area contributed by atoms with Gasteiger partial charge >= 0.3 is 5.97 Å². The molecular formula is C55H107NO5. The fraction of sp³-hybridized carbons (Fsp3) is 0.927. The van der Waals surface area contributed by atoms with Gasteiger partial charge in [-0.15, -0.1) is 0 Å². The summed E-state index contributed by atoms with van der Waals surface area (Å²) in [5.74, 6) is -0.0313. The number of aliphatic hydroxyl groups excluding tert-OH is 2. The summed E-state index contributed by atoms with van der Waals surface area (Å²) in [5, 5.41) is 23.1. The molecule has 0 aromatic rings. The van der Waals surface area contributed by atoms with Crippen LogP contribution in [-0.4, -0.2) is 47.4 Å².